The van der Waals surface area contributed by atoms with Crippen molar-refractivity contribution in [3.8, 4) is 0 Å². The van der Waals surface area contributed by atoms with Crippen LogP contribution in [0.5, 0.6) is 0 Å². The number of nitrogens with one attached hydrogen (secondary N) is 1. The fourth-order valence-corrected chi connectivity index (χ4v) is 3.03. The van der Waals surface area contributed by atoms with Gasteiger partial charge in [0.05, 0.1) is 5.41 Å². The predicted octanol–water partition coefficient (Wildman–Crippen LogP) is 1.70. The van der Waals surface area contributed by atoms with Crippen LogP contribution < -0.4 is 10.2 Å². The van der Waals surface area contributed by atoms with Crippen molar-refractivity contribution < 1.29 is 4.52 Å². The summed E-state index contributed by atoms with van der Waals surface area (Å²) in [6.45, 7) is 6.35. The molecule has 18 heavy (non-hydrogen) atoms. The summed E-state index contributed by atoms with van der Waals surface area (Å²) in [4.78, 5) is 6.92. The van der Waals surface area contributed by atoms with Crippen molar-refractivity contribution in [2.45, 2.75) is 44.4 Å². The molecule has 2 saturated heterocycles. The average Bonchev–Trinajstić information content (AvgIpc) is 3.09. The highest BCUT2D eigenvalue weighted by Crippen LogP contribution is 2.33. The highest BCUT2D eigenvalue weighted by atomic mass is 16.5. The second kappa shape index (κ2) is 4.88. The van der Waals surface area contributed by atoms with Gasteiger partial charge < -0.3 is 14.7 Å². The Morgan fingerprint density at radius 2 is 2.17 bits per heavy atom. The molecule has 1 unspecified atom stereocenters. The lowest BCUT2D eigenvalue weighted by Gasteiger charge is -2.25. The zero-order valence-electron chi connectivity index (χ0n) is 11.1. The van der Waals surface area contributed by atoms with Gasteiger partial charge in [-0.2, -0.15) is 4.98 Å². The molecule has 2 aliphatic heterocycles. The van der Waals surface area contributed by atoms with Gasteiger partial charge in [0.2, 0.25) is 5.89 Å². The summed E-state index contributed by atoms with van der Waals surface area (Å²) in [6, 6.07) is 0. The van der Waals surface area contributed by atoms with E-state index in [2.05, 4.69) is 27.3 Å². The molecule has 5 heteroatoms. The summed E-state index contributed by atoms with van der Waals surface area (Å²) in [5.41, 5.74) is 0.0705. The monoisotopic (exact) mass is 250 g/mol. The molecular formula is C13H22N4O. The topological polar surface area (TPSA) is 54.2 Å². The molecule has 3 rings (SSSR count). The zero-order valence-corrected chi connectivity index (χ0v) is 11.1. The van der Waals surface area contributed by atoms with Gasteiger partial charge in [-0.3, -0.25) is 0 Å². The van der Waals surface area contributed by atoms with Gasteiger partial charge in [0.1, 0.15) is 0 Å². The molecule has 2 aliphatic rings. The van der Waals surface area contributed by atoms with Crippen molar-refractivity contribution in [1.82, 2.24) is 15.5 Å². The first-order valence-corrected chi connectivity index (χ1v) is 7.14. The summed E-state index contributed by atoms with van der Waals surface area (Å²) >= 11 is 0. The molecule has 0 saturated carbocycles. The maximum Gasteiger partial charge on any atom is 0.266 e. The largest absolute Gasteiger partial charge is 0.338 e. The lowest BCUT2D eigenvalue weighted by molar-refractivity contribution is 0.284. The minimum Gasteiger partial charge on any atom is -0.338 e. The van der Waals surface area contributed by atoms with Gasteiger partial charge in [0.25, 0.3) is 5.95 Å². The van der Waals surface area contributed by atoms with E-state index in [1.165, 1.54) is 19.3 Å². The summed E-state index contributed by atoms with van der Waals surface area (Å²) in [7, 11) is 0. The number of hydrogen-bond acceptors (Lipinski definition) is 5. The van der Waals surface area contributed by atoms with Crippen LogP contribution in [0.3, 0.4) is 0 Å². The third kappa shape index (κ3) is 2.00. The Balaban J connectivity index is 1.79. The Morgan fingerprint density at radius 1 is 1.33 bits per heavy atom. The number of nitrogens with zero attached hydrogens (tertiary/aromatic N) is 3. The van der Waals surface area contributed by atoms with Crippen LogP contribution in [0.1, 0.15) is 44.9 Å². The molecule has 0 bridgehead atoms. The second-order valence-electron chi connectivity index (χ2n) is 5.51. The van der Waals surface area contributed by atoms with Gasteiger partial charge in [-0.15, -0.1) is 0 Å². The minimum absolute atomic E-state index is 0.0705. The first-order valence-electron chi connectivity index (χ1n) is 7.14. The fourth-order valence-electron chi connectivity index (χ4n) is 3.03. The smallest absolute Gasteiger partial charge is 0.266 e. The zero-order chi connectivity index (χ0) is 12.4. The maximum absolute atomic E-state index is 5.55. The van der Waals surface area contributed by atoms with Crippen LogP contribution in [-0.2, 0) is 5.41 Å². The lowest BCUT2D eigenvalue weighted by Crippen LogP contribution is -2.31. The molecule has 0 spiro atoms. The first kappa shape index (κ1) is 12.0. The molecule has 0 amide bonds. The Labute approximate surface area is 108 Å². The maximum atomic E-state index is 5.55. The van der Waals surface area contributed by atoms with Crippen LogP contribution in [0, 0.1) is 0 Å². The third-order valence-electron chi connectivity index (χ3n) is 4.43. The van der Waals surface area contributed by atoms with Gasteiger partial charge in [0.15, 0.2) is 0 Å². The molecule has 3 heterocycles. The van der Waals surface area contributed by atoms with E-state index in [1.807, 2.05) is 0 Å². The summed E-state index contributed by atoms with van der Waals surface area (Å²) in [5.74, 6) is 1.62. The van der Waals surface area contributed by atoms with Crippen molar-refractivity contribution in [1.29, 1.82) is 0 Å². The van der Waals surface area contributed by atoms with E-state index in [9.17, 15) is 0 Å². The Kier molecular flexibility index (Phi) is 3.24. The number of aromatic nitrogens is 2. The van der Waals surface area contributed by atoms with Gasteiger partial charge in [-0.05, 0) is 43.8 Å². The van der Waals surface area contributed by atoms with E-state index < -0.39 is 0 Å². The van der Waals surface area contributed by atoms with Crippen molar-refractivity contribution in [3.05, 3.63) is 5.89 Å². The normalized spacial score (nSPS) is 28.8. The molecule has 0 radical (unpaired) electrons. The molecule has 2 fully saturated rings. The van der Waals surface area contributed by atoms with E-state index in [-0.39, 0.29) is 5.41 Å². The summed E-state index contributed by atoms with van der Waals surface area (Å²) in [6.07, 6.45) is 5.96. The lowest BCUT2D eigenvalue weighted by atomic mass is 9.84. The Bertz CT molecular complexity index is 391. The van der Waals surface area contributed by atoms with Crippen LogP contribution >= 0.6 is 0 Å². The van der Waals surface area contributed by atoms with Crippen LogP contribution in [0.25, 0.3) is 0 Å². The van der Waals surface area contributed by atoms with Crippen molar-refractivity contribution >= 4 is 5.95 Å². The molecule has 1 N–H and O–H groups in total. The first-order chi connectivity index (χ1) is 8.84. The summed E-state index contributed by atoms with van der Waals surface area (Å²) < 4.78 is 5.55. The number of anilines is 1. The van der Waals surface area contributed by atoms with Crippen molar-refractivity contribution in [2.24, 2.45) is 0 Å². The van der Waals surface area contributed by atoms with Gasteiger partial charge in [-0.25, -0.2) is 0 Å². The quantitative estimate of drug-likeness (QED) is 0.885. The highest BCUT2D eigenvalue weighted by molar-refractivity contribution is 5.29. The molecule has 1 atom stereocenters. The SMILES string of the molecule is CCC1(c2nc(N3CCCCC3)no2)CCNC1. The molecule has 0 aromatic carbocycles. The number of rotatable bonds is 3. The minimum atomic E-state index is 0.0705. The van der Waals surface area contributed by atoms with Crippen LogP contribution in [0.15, 0.2) is 4.52 Å². The van der Waals surface area contributed by atoms with Gasteiger partial charge in [0, 0.05) is 19.6 Å². The average molecular weight is 250 g/mol. The van der Waals surface area contributed by atoms with E-state index in [0.717, 1.165) is 50.9 Å². The fraction of sp³-hybridized carbons (Fsp3) is 0.846. The molecule has 1 aromatic rings. The summed E-state index contributed by atoms with van der Waals surface area (Å²) in [5, 5.41) is 7.60. The second-order valence-corrected chi connectivity index (χ2v) is 5.51. The van der Waals surface area contributed by atoms with Crippen LogP contribution in [0.4, 0.5) is 5.95 Å². The van der Waals surface area contributed by atoms with E-state index in [1.54, 1.807) is 0 Å². The van der Waals surface area contributed by atoms with E-state index in [0.29, 0.717) is 0 Å². The van der Waals surface area contributed by atoms with Crippen LogP contribution in [-0.4, -0.2) is 36.3 Å². The van der Waals surface area contributed by atoms with E-state index in [4.69, 9.17) is 4.52 Å². The standard InChI is InChI=1S/C13H22N4O/c1-2-13(6-7-14-10-13)11-15-12(16-18-11)17-8-4-3-5-9-17/h14H,2-10H2,1H3. The molecule has 5 nitrogen and oxygen atoms in total. The van der Waals surface area contributed by atoms with Gasteiger partial charge >= 0.3 is 0 Å². The van der Waals surface area contributed by atoms with Crippen molar-refractivity contribution in [2.75, 3.05) is 31.1 Å². The third-order valence-corrected chi connectivity index (χ3v) is 4.43. The molecule has 1 aromatic heterocycles. The van der Waals surface area contributed by atoms with Gasteiger partial charge in [-0.1, -0.05) is 6.92 Å². The number of piperidine rings is 1. The Hall–Kier alpha value is -1.10. The van der Waals surface area contributed by atoms with Crippen LogP contribution in [0.2, 0.25) is 0 Å². The Morgan fingerprint density at radius 3 is 2.83 bits per heavy atom. The van der Waals surface area contributed by atoms with Crippen molar-refractivity contribution in [3.63, 3.8) is 0 Å². The molecule has 0 aliphatic carbocycles. The molecular weight excluding hydrogens is 228 g/mol. The highest BCUT2D eigenvalue weighted by Gasteiger charge is 2.39. The number of hydrogen-bond donors (Lipinski definition) is 1. The van der Waals surface area contributed by atoms with E-state index >= 15 is 0 Å². The predicted molar refractivity (Wildman–Crippen MR) is 69.8 cm³/mol. The molecule has 100 valence electrons.